The third-order valence-corrected chi connectivity index (χ3v) is 5.57. The first kappa shape index (κ1) is 15.5. The van der Waals surface area contributed by atoms with Crippen molar-refractivity contribution in [2.45, 2.75) is 61.9 Å². The zero-order valence-electron chi connectivity index (χ0n) is 12.2. The molecular formula is C15H27INO2+. The molecule has 2 aliphatic rings. The number of ether oxygens (including phenoxy) is 1. The summed E-state index contributed by atoms with van der Waals surface area (Å²) < 4.78 is 6.01. The number of alkyl halides is 1. The molecule has 1 saturated heterocycles. The highest BCUT2D eigenvalue weighted by Gasteiger charge is 2.46. The van der Waals surface area contributed by atoms with Crippen LogP contribution in [0.25, 0.3) is 0 Å². The minimum Gasteiger partial charge on any atom is -0.458 e. The van der Waals surface area contributed by atoms with E-state index in [4.69, 9.17) is 4.74 Å². The number of halogens is 1. The summed E-state index contributed by atoms with van der Waals surface area (Å²) in [4.78, 5) is 12.1. The Morgan fingerprint density at radius 1 is 1.21 bits per heavy atom. The van der Waals surface area contributed by atoms with Crippen LogP contribution in [0.1, 0.15) is 52.4 Å². The third-order valence-electron chi connectivity index (χ3n) is 5.06. The lowest BCUT2D eigenvalue weighted by Crippen LogP contribution is -2.87. The van der Waals surface area contributed by atoms with Crippen molar-refractivity contribution in [2.75, 3.05) is 13.1 Å². The van der Waals surface area contributed by atoms with E-state index in [2.05, 4.69) is 34.8 Å². The Morgan fingerprint density at radius 2 is 1.74 bits per heavy atom. The molecule has 0 aromatic carbocycles. The van der Waals surface area contributed by atoms with Crippen molar-refractivity contribution in [1.29, 1.82) is 0 Å². The second-order valence-corrected chi connectivity index (χ2v) is 8.21. The fraction of sp³-hybridized carbons (Fsp3) is 0.933. The molecule has 2 rings (SSSR count). The van der Waals surface area contributed by atoms with E-state index in [0.717, 1.165) is 0 Å². The molecule has 4 heteroatoms. The van der Waals surface area contributed by atoms with Gasteiger partial charge in [-0.15, -0.1) is 0 Å². The van der Waals surface area contributed by atoms with Crippen molar-refractivity contribution in [3.8, 4) is 0 Å². The molecular weight excluding hydrogens is 353 g/mol. The fourth-order valence-corrected chi connectivity index (χ4v) is 3.92. The van der Waals surface area contributed by atoms with Crippen molar-refractivity contribution < 1.29 is 14.8 Å². The number of carbonyl (C=O) groups excluding carboxylic acids is 1. The number of quaternary nitrogens is 1. The summed E-state index contributed by atoms with van der Waals surface area (Å²) >= 11 is 2.16. The van der Waals surface area contributed by atoms with Crippen molar-refractivity contribution in [2.24, 2.45) is 11.8 Å². The molecule has 3 nitrogen and oxygen atoms in total. The molecule has 1 saturated carbocycles. The third kappa shape index (κ3) is 3.63. The standard InChI is InChI=1S/C15H26INO2/c1-11(16)14(18)19-15(2,12-5-3-4-6-12)13-7-9-17-10-8-13/h11-13,17H,3-10H2,1-2H3/p+1. The van der Waals surface area contributed by atoms with Gasteiger partial charge in [-0.25, -0.2) is 0 Å². The van der Waals surface area contributed by atoms with E-state index in [-0.39, 0.29) is 15.5 Å². The fourth-order valence-electron chi connectivity index (χ4n) is 3.80. The van der Waals surface area contributed by atoms with Crippen LogP contribution in [0.2, 0.25) is 0 Å². The monoisotopic (exact) mass is 380 g/mol. The molecule has 0 aromatic heterocycles. The van der Waals surface area contributed by atoms with Crippen molar-refractivity contribution in [3.63, 3.8) is 0 Å². The van der Waals surface area contributed by atoms with Crippen molar-refractivity contribution >= 4 is 28.6 Å². The lowest BCUT2D eigenvalue weighted by molar-refractivity contribution is -0.666. The lowest BCUT2D eigenvalue weighted by Gasteiger charge is -2.43. The van der Waals surface area contributed by atoms with Crippen molar-refractivity contribution in [3.05, 3.63) is 0 Å². The van der Waals surface area contributed by atoms with Crippen LogP contribution in [0, 0.1) is 11.8 Å². The highest BCUT2D eigenvalue weighted by Crippen LogP contribution is 2.43. The second kappa shape index (κ2) is 6.74. The quantitative estimate of drug-likeness (QED) is 0.462. The molecule has 0 spiro atoms. The summed E-state index contributed by atoms with van der Waals surface area (Å²) in [7, 11) is 0. The summed E-state index contributed by atoms with van der Waals surface area (Å²) in [6.07, 6.45) is 7.46. The number of carbonyl (C=O) groups is 1. The Balaban J connectivity index is 2.13. The average Bonchev–Trinajstić information content (AvgIpc) is 2.94. The van der Waals surface area contributed by atoms with Gasteiger partial charge < -0.3 is 10.1 Å². The molecule has 0 amide bonds. The van der Waals surface area contributed by atoms with Gasteiger partial charge in [-0.1, -0.05) is 35.4 Å². The Morgan fingerprint density at radius 3 is 2.26 bits per heavy atom. The lowest BCUT2D eigenvalue weighted by atomic mass is 9.73. The number of hydrogen-bond acceptors (Lipinski definition) is 2. The van der Waals surface area contributed by atoms with Gasteiger partial charge in [0.05, 0.1) is 13.1 Å². The van der Waals surface area contributed by atoms with Crippen LogP contribution < -0.4 is 5.32 Å². The smallest absolute Gasteiger partial charge is 0.319 e. The average molecular weight is 380 g/mol. The van der Waals surface area contributed by atoms with Crippen LogP contribution in [0.15, 0.2) is 0 Å². The molecule has 110 valence electrons. The van der Waals surface area contributed by atoms with E-state index < -0.39 is 0 Å². The molecule has 0 radical (unpaired) electrons. The van der Waals surface area contributed by atoms with Gasteiger partial charge in [-0.3, -0.25) is 4.79 Å². The normalized spacial score (nSPS) is 26.9. The SMILES string of the molecule is CC(I)C(=O)OC(C)(C1CCCC1)C1CC[NH2+]CC1. The van der Waals surface area contributed by atoms with Crippen LogP contribution in [-0.4, -0.2) is 28.6 Å². The van der Waals surface area contributed by atoms with Crippen LogP contribution in [0.4, 0.5) is 0 Å². The largest absolute Gasteiger partial charge is 0.458 e. The van der Waals surface area contributed by atoms with E-state index in [1.807, 2.05) is 6.92 Å². The van der Waals surface area contributed by atoms with Crippen molar-refractivity contribution in [1.82, 2.24) is 0 Å². The first-order valence-corrected chi connectivity index (χ1v) is 8.97. The summed E-state index contributed by atoms with van der Waals surface area (Å²) in [5, 5.41) is 2.38. The first-order chi connectivity index (χ1) is 9.04. The van der Waals surface area contributed by atoms with E-state index in [1.54, 1.807) is 0 Å². The first-order valence-electron chi connectivity index (χ1n) is 7.72. The molecule has 2 N–H and O–H groups in total. The number of esters is 1. The second-order valence-electron chi connectivity index (χ2n) is 6.34. The highest BCUT2D eigenvalue weighted by atomic mass is 127. The predicted molar refractivity (Wildman–Crippen MR) is 84.3 cm³/mol. The van der Waals surface area contributed by atoms with Gasteiger partial charge in [0.1, 0.15) is 9.53 Å². The van der Waals surface area contributed by atoms with Crippen LogP contribution in [-0.2, 0) is 9.53 Å². The highest BCUT2D eigenvalue weighted by molar-refractivity contribution is 14.1. The zero-order valence-corrected chi connectivity index (χ0v) is 14.3. The van der Waals surface area contributed by atoms with Gasteiger partial charge in [0.25, 0.3) is 0 Å². The topological polar surface area (TPSA) is 42.9 Å². The van der Waals surface area contributed by atoms with Gasteiger partial charge >= 0.3 is 5.97 Å². The van der Waals surface area contributed by atoms with E-state index in [1.165, 1.54) is 51.6 Å². The molecule has 2 fully saturated rings. The van der Waals surface area contributed by atoms with E-state index in [0.29, 0.717) is 11.8 Å². The molecule has 0 bridgehead atoms. The Hall–Kier alpha value is 0.160. The van der Waals surface area contributed by atoms with Crippen LogP contribution in [0.3, 0.4) is 0 Å². The van der Waals surface area contributed by atoms with Gasteiger partial charge in [0, 0.05) is 18.8 Å². The maximum atomic E-state index is 12.1. The van der Waals surface area contributed by atoms with Crippen LogP contribution in [0.5, 0.6) is 0 Å². The number of piperidine rings is 1. The summed E-state index contributed by atoms with van der Waals surface area (Å²) in [6.45, 7) is 6.51. The molecule has 1 aliphatic carbocycles. The maximum absolute atomic E-state index is 12.1. The summed E-state index contributed by atoms with van der Waals surface area (Å²) in [6, 6.07) is 0. The van der Waals surface area contributed by atoms with Crippen LogP contribution >= 0.6 is 22.6 Å². The van der Waals surface area contributed by atoms with E-state index in [9.17, 15) is 4.79 Å². The molecule has 2 unspecified atom stereocenters. The summed E-state index contributed by atoms with van der Waals surface area (Å²) in [5.41, 5.74) is -0.221. The predicted octanol–water partition coefficient (Wildman–Crippen LogP) is 2.28. The molecule has 1 heterocycles. The Kier molecular flexibility index (Phi) is 5.52. The molecule has 2 atom stereocenters. The zero-order chi connectivity index (χ0) is 13.9. The molecule has 19 heavy (non-hydrogen) atoms. The van der Waals surface area contributed by atoms with Gasteiger partial charge in [0.15, 0.2) is 0 Å². The Labute approximate surface area is 130 Å². The number of nitrogens with two attached hydrogens (primary N) is 1. The van der Waals surface area contributed by atoms with E-state index >= 15 is 0 Å². The maximum Gasteiger partial charge on any atom is 0.319 e. The Bertz CT molecular complexity index is 309. The molecule has 1 aliphatic heterocycles. The number of rotatable bonds is 4. The number of hydrogen-bond donors (Lipinski definition) is 1. The summed E-state index contributed by atoms with van der Waals surface area (Å²) in [5.74, 6) is 1.11. The van der Waals surface area contributed by atoms with Gasteiger partial charge in [-0.05, 0) is 32.6 Å². The van der Waals surface area contributed by atoms with Gasteiger partial charge in [-0.2, -0.15) is 0 Å². The molecule has 0 aromatic rings. The minimum absolute atomic E-state index is 0.0236. The van der Waals surface area contributed by atoms with Gasteiger partial charge in [0.2, 0.25) is 0 Å². The minimum atomic E-state index is -0.221.